The third-order valence-electron chi connectivity index (χ3n) is 2.77. The highest BCUT2D eigenvalue weighted by Crippen LogP contribution is 2.23. The molecule has 0 amide bonds. The number of carbonyl (C=O) groups is 1. The van der Waals surface area contributed by atoms with Crippen LogP contribution in [0.4, 0.5) is 0 Å². The number of hydrogen-bond acceptors (Lipinski definition) is 4. The number of benzene rings is 1. The van der Waals surface area contributed by atoms with Gasteiger partial charge in [0, 0.05) is 17.6 Å². The molecular formula is C14H17ClN2O2. The van der Waals surface area contributed by atoms with Crippen molar-refractivity contribution in [2.45, 2.75) is 19.4 Å². The van der Waals surface area contributed by atoms with Crippen LogP contribution in [0, 0.1) is 0 Å². The van der Waals surface area contributed by atoms with E-state index in [0.29, 0.717) is 6.61 Å². The Morgan fingerprint density at radius 3 is 2.84 bits per heavy atom. The molecule has 1 aromatic heterocycles. The predicted octanol–water partition coefficient (Wildman–Crippen LogP) is 2.61. The highest BCUT2D eigenvalue weighted by molar-refractivity contribution is 5.85. The van der Waals surface area contributed by atoms with E-state index in [4.69, 9.17) is 10.5 Å². The van der Waals surface area contributed by atoms with E-state index in [1.54, 1.807) is 13.1 Å². The van der Waals surface area contributed by atoms with E-state index in [9.17, 15) is 4.79 Å². The molecule has 0 spiro atoms. The summed E-state index contributed by atoms with van der Waals surface area (Å²) >= 11 is 0. The number of rotatable bonds is 4. The summed E-state index contributed by atoms with van der Waals surface area (Å²) in [5, 5.41) is 0.983. The van der Waals surface area contributed by atoms with Gasteiger partial charge in [0.05, 0.1) is 18.5 Å². The minimum Gasteiger partial charge on any atom is -0.466 e. The maximum absolute atomic E-state index is 11.4. The molecule has 19 heavy (non-hydrogen) atoms. The number of halogens is 1. The molecule has 2 aromatic rings. The average molecular weight is 281 g/mol. The van der Waals surface area contributed by atoms with Crippen LogP contribution in [0.25, 0.3) is 10.9 Å². The number of pyridine rings is 1. The molecule has 0 aliphatic carbocycles. The monoisotopic (exact) mass is 280 g/mol. The van der Waals surface area contributed by atoms with Crippen molar-refractivity contribution in [1.29, 1.82) is 0 Å². The first-order valence-corrected chi connectivity index (χ1v) is 5.97. The molecule has 1 atom stereocenters. The Morgan fingerprint density at radius 1 is 1.37 bits per heavy atom. The van der Waals surface area contributed by atoms with E-state index in [-0.39, 0.29) is 30.8 Å². The van der Waals surface area contributed by atoms with Crippen LogP contribution in [0.2, 0.25) is 0 Å². The van der Waals surface area contributed by atoms with Crippen molar-refractivity contribution in [3.05, 3.63) is 42.1 Å². The summed E-state index contributed by atoms with van der Waals surface area (Å²) in [6, 6.07) is 9.24. The second-order valence-corrected chi connectivity index (χ2v) is 4.03. The van der Waals surface area contributed by atoms with E-state index >= 15 is 0 Å². The van der Waals surface area contributed by atoms with Gasteiger partial charge in [0.1, 0.15) is 0 Å². The molecule has 0 aliphatic rings. The van der Waals surface area contributed by atoms with Gasteiger partial charge in [-0.15, -0.1) is 12.4 Å². The Balaban J connectivity index is 0.00000180. The summed E-state index contributed by atoms with van der Waals surface area (Å²) in [5.41, 5.74) is 7.87. The Labute approximate surface area is 118 Å². The summed E-state index contributed by atoms with van der Waals surface area (Å²) in [7, 11) is 0. The quantitative estimate of drug-likeness (QED) is 0.875. The van der Waals surface area contributed by atoms with Gasteiger partial charge in [-0.2, -0.15) is 0 Å². The van der Waals surface area contributed by atoms with E-state index < -0.39 is 0 Å². The summed E-state index contributed by atoms with van der Waals surface area (Å²) in [5.74, 6) is -0.272. The zero-order valence-electron chi connectivity index (χ0n) is 10.7. The maximum atomic E-state index is 11.4. The summed E-state index contributed by atoms with van der Waals surface area (Å²) in [6.07, 6.45) is 1.89. The Kier molecular flexibility index (Phi) is 5.73. The van der Waals surface area contributed by atoms with Crippen molar-refractivity contribution in [2.75, 3.05) is 6.61 Å². The van der Waals surface area contributed by atoms with Crippen LogP contribution < -0.4 is 5.73 Å². The van der Waals surface area contributed by atoms with Crippen LogP contribution in [-0.4, -0.2) is 17.6 Å². The number of nitrogens with two attached hydrogens (primary N) is 1. The molecule has 0 unspecified atom stereocenters. The molecule has 0 aliphatic heterocycles. The molecule has 0 bridgehead atoms. The van der Waals surface area contributed by atoms with Crippen LogP contribution in [0.5, 0.6) is 0 Å². The van der Waals surface area contributed by atoms with Crippen molar-refractivity contribution in [3.63, 3.8) is 0 Å². The molecule has 1 aromatic carbocycles. The molecule has 4 nitrogen and oxygen atoms in total. The lowest BCUT2D eigenvalue weighted by atomic mass is 10.0. The van der Waals surface area contributed by atoms with E-state index in [2.05, 4.69) is 4.98 Å². The van der Waals surface area contributed by atoms with Gasteiger partial charge in [0.25, 0.3) is 0 Å². The maximum Gasteiger partial charge on any atom is 0.307 e. The minimum atomic E-state index is -0.364. The van der Waals surface area contributed by atoms with Gasteiger partial charge >= 0.3 is 5.97 Å². The van der Waals surface area contributed by atoms with Crippen molar-refractivity contribution < 1.29 is 9.53 Å². The van der Waals surface area contributed by atoms with Gasteiger partial charge in [0.15, 0.2) is 0 Å². The number of aromatic nitrogens is 1. The third-order valence-corrected chi connectivity index (χ3v) is 2.77. The molecule has 5 heteroatoms. The second kappa shape index (κ2) is 7.07. The molecule has 2 rings (SSSR count). The largest absolute Gasteiger partial charge is 0.466 e. The first kappa shape index (κ1) is 15.4. The standard InChI is InChI=1S/C14H16N2O2.ClH/c1-2-18-14(17)9-12(15)10-7-8-16-13-6-4-3-5-11(10)13;/h3-8,12H,2,9,15H2,1H3;1H/t12-;/m0./s1. The van der Waals surface area contributed by atoms with Crippen LogP contribution in [0.3, 0.4) is 0 Å². The minimum absolute atomic E-state index is 0. The van der Waals surface area contributed by atoms with Gasteiger partial charge in [0.2, 0.25) is 0 Å². The van der Waals surface area contributed by atoms with Crippen molar-refractivity contribution in [2.24, 2.45) is 5.73 Å². The van der Waals surface area contributed by atoms with E-state index in [1.165, 1.54) is 0 Å². The molecular weight excluding hydrogens is 264 g/mol. The number of ether oxygens (including phenoxy) is 1. The molecule has 2 N–H and O–H groups in total. The third kappa shape index (κ3) is 3.66. The van der Waals surface area contributed by atoms with Gasteiger partial charge in [-0.25, -0.2) is 0 Å². The topological polar surface area (TPSA) is 65.2 Å². The van der Waals surface area contributed by atoms with Crippen molar-refractivity contribution in [1.82, 2.24) is 4.98 Å². The van der Waals surface area contributed by atoms with Crippen molar-refractivity contribution in [3.8, 4) is 0 Å². The molecule has 0 saturated carbocycles. The summed E-state index contributed by atoms with van der Waals surface area (Å²) in [4.78, 5) is 15.7. The highest BCUT2D eigenvalue weighted by Gasteiger charge is 2.14. The van der Waals surface area contributed by atoms with Gasteiger partial charge in [-0.1, -0.05) is 18.2 Å². The fraction of sp³-hybridized carbons (Fsp3) is 0.286. The van der Waals surface area contributed by atoms with Gasteiger partial charge in [-0.05, 0) is 24.6 Å². The first-order valence-electron chi connectivity index (χ1n) is 5.97. The molecule has 1 heterocycles. The lowest BCUT2D eigenvalue weighted by Gasteiger charge is -2.13. The van der Waals surface area contributed by atoms with Gasteiger partial charge in [-0.3, -0.25) is 9.78 Å². The number of fused-ring (bicyclic) bond motifs is 1. The molecule has 102 valence electrons. The number of nitrogens with zero attached hydrogens (tertiary/aromatic N) is 1. The van der Waals surface area contributed by atoms with E-state index in [0.717, 1.165) is 16.5 Å². The summed E-state index contributed by atoms with van der Waals surface area (Å²) < 4.78 is 4.91. The molecule has 0 saturated heterocycles. The van der Waals surface area contributed by atoms with Crippen LogP contribution in [0.15, 0.2) is 36.5 Å². The zero-order chi connectivity index (χ0) is 13.0. The molecule has 0 fully saturated rings. The number of hydrogen-bond donors (Lipinski definition) is 1. The Hall–Kier alpha value is -1.65. The smallest absolute Gasteiger partial charge is 0.307 e. The number of esters is 1. The van der Waals surface area contributed by atoms with Gasteiger partial charge < -0.3 is 10.5 Å². The fourth-order valence-corrected chi connectivity index (χ4v) is 1.95. The SMILES string of the molecule is CCOC(=O)C[C@H](N)c1ccnc2ccccc12.Cl. The normalized spacial score (nSPS) is 11.7. The Bertz CT molecular complexity index is 555. The van der Waals surface area contributed by atoms with Crippen LogP contribution in [0.1, 0.15) is 24.9 Å². The number of para-hydroxylation sites is 1. The first-order chi connectivity index (χ1) is 8.72. The van der Waals surface area contributed by atoms with Crippen LogP contribution >= 0.6 is 12.4 Å². The zero-order valence-corrected chi connectivity index (χ0v) is 11.5. The lowest BCUT2D eigenvalue weighted by Crippen LogP contribution is -2.17. The predicted molar refractivity (Wildman–Crippen MR) is 77.2 cm³/mol. The van der Waals surface area contributed by atoms with Crippen molar-refractivity contribution >= 4 is 29.3 Å². The van der Waals surface area contributed by atoms with E-state index in [1.807, 2.05) is 30.3 Å². The second-order valence-electron chi connectivity index (χ2n) is 4.03. The number of carbonyl (C=O) groups excluding carboxylic acids is 1. The highest BCUT2D eigenvalue weighted by atomic mass is 35.5. The molecule has 0 radical (unpaired) electrons. The fourth-order valence-electron chi connectivity index (χ4n) is 1.95. The average Bonchev–Trinajstić information content (AvgIpc) is 2.38. The lowest BCUT2D eigenvalue weighted by molar-refractivity contribution is -0.143. The summed E-state index contributed by atoms with van der Waals surface area (Å²) in [6.45, 7) is 2.16. The van der Waals surface area contributed by atoms with Crippen LogP contribution in [-0.2, 0) is 9.53 Å². The Morgan fingerprint density at radius 2 is 2.11 bits per heavy atom.